The summed E-state index contributed by atoms with van der Waals surface area (Å²) in [5.74, 6) is 2.06. The number of aliphatic hydroxyl groups is 2. The molecule has 0 unspecified atom stereocenters. The van der Waals surface area contributed by atoms with Gasteiger partial charge in [-0.1, -0.05) is 0 Å². The van der Waals surface area contributed by atoms with E-state index in [0.29, 0.717) is 17.8 Å². The molecule has 2 fully saturated rings. The Morgan fingerprint density at radius 3 is 2.86 bits per heavy atom. The number of anilines is 3. The summed E-state index contributed by atoms with van der Waals surface area (Å²) in [7, 11) is 0. The number of aromatic nitrogens is 5. The van der Waals surface area contributed by atoms with Crippen LogP contribution in [0.4, 0.5) is 17.6 Å². The van der Waals surface area contributed by atoms with E-state index in [1.165, 1.54) is 0 Å². The van der Waals surface area contributed by atoms with Gasteiger partial charge in [0.1, 0.15) is 11.3 Å². The minimum atomic E-state index is -0.164. The van der Waals surface area contributed by atoms with Crippen molar-refractivity contribution in [2.24, 2.45) is 0 Å². The van der Waals surface area contributed by atoms with Crippen molar-refractivity contribution in [2.45, 2.75) is 56.7 Å². The lowest BCUT2D eigenvalue weighted by Gasteiger charge is -2.26. The highest BCUT2D eigenvalue weighted by atomic mass is 16.3. The van der Waals surface area contributed by atoms with Crippen LogP contribution in [0.25, 0.3) is 5.52 Å². The van der Waals surface area contributed by atoms with Gasteiger partial charge >= 0.3 is 0 Å². The molecule has 5 rings (SSSR count). The summed E-state index contributed by atoms with van der Waals surface area (Å²) in [6, 6.07) is 4.36. The van der Waals surface area contributed by atoms with Gasteiger partial charge in [0, 0.05) is 25.0 Å². The number of imidazole rings is 1. The maximum atomic E-state index is 9.73. The van der Waals surface area contributed by atoms with Crippen molar-refractivity contribution in [3.8, 4) is 0 Å². The van der Waals surface area contributed by atoms with Crippen molar-refractivity contribution in [3.05, 3.63) is 30.9 Å². The molecule has 0 bridgehead atoms. The summed E-state index contributed by atoms with van der Waals surface area (Å²) in [5, 5.41) is 27.4. The van der Waals surface area contributed by atoms with E-state index in [2.05, 4.69) is 24.9 Å². The van der Waals surface area contributed by atoms with E-state index in [0.717, 1.165) is 56.4 Å². The Labute approximate surface area is 169 Å². The molecule has 1 saturated heterocycles. The van der Waals surface area contributed by atoms with Crippen LogP contribution in [0.15, 0.2) is 30.9 Å². The van der Waals surface area contributed by atoms with E-state index in [1.807, 2.05) is 35.4 Å². The standard InChI is InChI=1S/C20H27N7O2/c28-12-15-3-1-9-26(15)20-23-19(17-4-2-10-27(17)24-20)22-18-11-25(13-21-18)14-5-7-16(29)8-6-14/h2,4,10-11,13-16,28-29H,1,3,5-9,12H2,(H,22,23,24)/t14-,15-,16-/m0/s1. The number of hydrogen-bond donors (Lipinski definition) is 3. The first-order valence-corrected chi connectivity index (χ1v) is 10.4. The van der Waals surface area contributed by atoms with Gasteiger partial charge in [-0.25, -0.2) is 9.50 Å². The lowest BCUT2D eigenvalue weighted by Crippen LogP contribution is -2.34. The van der Waals surface area contributed by atoms with Gasteiger partial charge in [0.15, 0.2) is 5.82 Å². The minimum Gasteiger partial charge on any atom is -0.394 e. The van der Waals surface area contributed by atoms with E-state index in [4.69, 9.17) is 4.98 Å². The Balaban J connectivity index is 1.41. The predicted octanol–water partition coefficient (Wildman–Crippen LogP) is 2.11. The fraction of sp³-hybridized carbons (Fsp3) is 0.550. The van der Waals surface area contributed by atoms with Crippen molar-refractivity contribution in [1.29, 1.82) is 0 Å². The zero-order valence-electron chi connectivity index (χ0n) is 16.4. The molecule has 4 heterocycles. The molecular formula is C20H27N7O2. The normalized spacial score (nSPS) is 25.0. The van der Waals surface area contributed by atoms with E-state index in [-0.39, 0.29) is 18.8 Å². The van der Waals surface area contributed by atoms with Gasteiger partial charge in [-0.05, 0) is 50.7 Å². The van der Waals surface area contributed by atoms with Crippen LogP contribution in [0, 0.1) is 0 Å². The third-order valence-electron chi connectivity index (χ3n) is 6.16. The largest absolute Gasteiger partial charge is 0.394 e. The van der Waals surface area contributed by atoms with Crippen LogP contribution >= 0.6 is 0 Å². The average Bonchev–Trinajstić information content (AvgIpc) is 3.48. The molecule has 1 aliphatic heterocycles. The maximum absolute atomic E-state index is 9.73. The van der Waals surface area contributed by atoms with Crippen LogP contribution in [-0.4, -0.2) is 59.7 Å². The molecule has 29 heavy (non-hydrogen) atoms. The molecule has 0 aromatic carbocycles. The van der Waals surface area contributed by atoms with Crippen molar-refractivity contribution < 1.29 is 10.2 Å². The summed E-state index contributed by atoms with van der Waals surface area (Å²) in [5.41, 5.74) is 0.879. The maximum Gasteiger partial charge on any atom is 0.245 e. The topological polar surface area (TPSA) is 104 Å². The third-order valence-corrected chi connectivity index (χ3v) is 6.16. The Hall–Kier alpha value is -2.65. The van der Waals surface area contributed by atoms with Gasteiger partial charge < -0.3 is 25.0 Å². The zero-order valence-corrected chi connectivity index (χ0v) is 16.4. The SMILES string of the molecule is OC[C@@H]1CCCN1c1nc(Nc2cn([C@H]3CC[C@H](O)CC3)cn2)c2cccn2n1. The van der Waals surface area contributed by atoms with Crippen LogP contribution < -0.4 is 10.2 Å². The van der Waals surface area contributed by atoms with Gasteiger partial charge in [-0.3, -0.25) is 0 Å². The highest BCUT2D eigenvalue weighted by Gasteiger charge is 2.27. The third kappa shape index (κ3) is 3.56. The van der Waals surface area contributed by atoms with E-state index in [1.54, 1.807) is 0 Å². The van der Waals surface area contributed by atoms with Gasteiger partial charge in [-0.2, -0.15) is 4.98 Å². The van der Waals surface area contributed by atoms with Crippen molar-refractivity contribution in [3.63, 3.8) is 0 Å². The molecule has 1 atom stereocenters. The molecule has 3 aromatic heterocycles. The molecule has 0 radical (unpaired) electrons. The number of fused-ring (bicyclic) bond motifs is 1. The average molecular weight is 397 g/mol. The van der Waals surface area contributed by atoms with Crippen LogP contribution in [-0.2, 0) is 0 Å². The summed E-state index contributed by atoms with van der Waals surface area (Å²) < 4.78 is 3.95. The molecule has 3 aromatic rings. The molecule has 1 saturated carbocycles. The lowest BCUT2D eigenvalue weighted by atomic mass is 9.93. The van der Waals surface area contributed by atoms with E-state index < -0.39 is 0 Å². The summed E-state index contributed by atoms with van der Waals surface area (Å²) in [6.45, 7) is 0.954. The molecule has 0 amide bonds. The van der Waals surface area contributed by atoms with Crippen molar-refractivity contribution in [1.82, 2.24) is 24.1 Å². The van der Waals surface area contributed by atoms with Crippen LogP contribution in [0.3, 0.4) is 0 Å². The van der Waals surface area contributed by atoms with Crippen LogP contribution in [0.1, 0.15) is 44.6 Å². The van der Waals surface area contributed by atoms with E-state index in [9.17, 15) is 10.2 Å². The summed E-state index contributed by atoms with van der Waals surface area (Å²) >= 11 is 0. The monoisotopic (exact) mass is 397 g/mol. The smallest absolute Gasteiger partial charge is 0.245 e. The minimum absolute atomic E-state index is 0.0664. The van der Waals surface area contributed by atoms with Gasteiger partial charge in [-0.15, -0.1) is 5.10 Å². The van der Waals surface area contributed by atoms with Gasteiger partial charge in [0.2, 0.25) is 5.95 Å². The Kier molecular flexibility index (Phi) is 4.84. The Bertz CT molecular complexity index is 976. The van der Waals surface area contributed by atoms with Gasteiger partial charge in [0.05, 0.1) is 25.1 Å². The quantitative estimate of drug-likeness (QED) is 0.606. The van der Waals surface area contributed by atoms with Crippen molar-refractivity contribution in [2.75, 3.05) is 23.4 Å². The number of hydrogen-bond acceptors (Lipinski definition) is 7. The molecule has 9 heteroatoms. The number of nitrogens with zero attached hydrogens (tertiary/aromatic N) is 6. The second-order valence-corrected chi connectivity index (χ2v) is 8.06. The Morgan fingerprint density at radius 1 is 1.17 bits per heavy atom. The molecule has 3 N–H and O–H groups in total. The highest BCUT2D eigenvalue weighted by molar-refractivity contribution is 5.73. The van der Waals surface area contributed by atoms with E-state index >= 15 is 0 Å². The molecule has 0 spiro atoms. The summed E-state index contributed by atoms with van der Waals surface area (Å²) in [6.07, 6.45) is 11.2. The van der Waals surface area contributed by atoms with Crippen LogP contribution in [0.2, 0.25) is 0 Å². The first-order valence-electron chi connectivity index (χ1n) is 10.4. The molecule has 2 aliphatic rings. The summed E-state index contributed by atoms with van der Waals surface area (Å²) in [4.78, 5) is 11.4. The van der Waals surface area contributed by atoms with Crippen molar-refractivity contribution >= 4 is 23.1 Å². The lowest BCUT2D eigenvalue weighted by molar-refractivity contribution is 0.110. The Morgan fingerprint density at radius 2 is 2.03 bits per heavy atom. The molecule has 154 valence electrons. The zero-order chi connectivity index (χ0) is 19.8. The number of rotatable bonds is 5. The second kappa shape index (κ2) is 7.64. The first-order chi connectivity index (χ1) is 14.2. The molecular weight excluding hydrogens is 370 g/mol. The highest BCUT2D eigenvalue weighted by Crippen LogP contribution is 2.30. The van der Waals surface area contributed by atoms with Crippen LogP contribution in [0.5, 0.6) is 0 Å². The molecule has 9 nitrogen and oxygen atoms in total. The number of aliphatic hydroxyl groups excluding tert-OH is 2. The molecule has 1 aliphatic carbocycles. The first kappa shape index (κ1) is 18.4. The van der Waals surface area contributed by atoms with Gasteiger partial charge in [0.25, 0.3) is 0 Å². The fourth-order valence-corrected chi connectivity index (χ4v) is 4.50. The fourth-order valence-electron chi connectivity index (χ4n) is 4.50. The predicted molar refractivity (Wildman–Crippen MR) is 109 cm³/mol. The number of nitrogens with one attached hydrogen (secondary N) is 1. The second-order valence-electron chi connectivity index (χ2n) is 8.06.